The molecule has 0 unspecified atom stereocenters. The van der Waals surface area contributed by atoms with Crippen LogP contribution in [0.2, 0.25) is 0 Å². The lowest BCUT2D eigenvalue weighted by Gasteiger charge is -2.31. The molecule has 0 radical (unpaired) electrons. The molecule has 4 heteroatoms. The van der Waals surface area contributed by atoms with Gasteiger partial charge in [0.25, 0.3) is 0 Å². The van der Waals surface area contributed by atoms with E-state index in [1.807, 2.05) is 18.2 Å². The van der Waals surface area contributed by atoms with Crippen molar-refractivity contribution < 1.29 is 9.59 Å². The Morgan fingerprint density at radius 2 is 1.54 bits per heavy atom. The summed E-state index contributed by atoms with van der Waals surface area (Å²) in [5.41, 5.74) is 7.25. The molecule has 1 saturated carbocycles. The predicted octanol–water partition coefficient (Wildman–Crippen LogP) is 3.52. The molecule has 1 aliphatic rings. The Morgan fingerprint density at radius 3 is 2.25 bits per heavy atom. The number of ketones is 1. The number of benzene rings is 2. The van der Waals surface area contributed by atoms with Gasteiger partial charge in [-0.1, -0.05) is 61.7 Å². The molecular weight excluding hydrogens is 300 g/mol. The highest BCUT2D eigenvalue weighted by molar-refractivity contribution is 6.10. The number of anilines is 1. The van der Waals surface area contributed by atoms with Crippen LogP contribution < -0.4 is 11.1 Å². The molecule has 2 aromatic rings. The average molecular weight is 322 g/mol. The van der Waals surface area contributed by atoms with E-state index in [1.54, 1.807) is 36.4 Å². The molecule has 3 N–H and O–H groups in total. The van der Waals surface area contributed by atoms with E-state index in [4.69, 9.17) is 5.73 Å². The van der Waals surface area contributed by atoms with Crippen molar-refractivity contribution in [3.8, 4) is 0 Å². The highest BCUT2D eigenvalue weighted by Crippen LogP contribution is 2.27. The van der Waals surface area contributed by atoms with Crippen molar-refractivity contribution in [3.63, 3.8) is 0 Å². The van der Waals surface area contributed by atoms with E-state index in [0.717, 1.165) is 19.3 Å². The lowest BCUT2D eigenvalue weighted by atomic mass is 9.82. The fourth-order valence-corrected chi connectivity index (χ4v) is 3.16. The van der Waals surface area contributed by atoms with E-state index in [2.05, 4.69) is 5.32 Å². The van der Waals surface area contributed by atoms with Crippen molar-refractivity contribution in [3.05, 3.63) is 65.7 Å². The molecule has 0 bridgehead atoms. The second-order valence-corrected chi connectivity index (χ2v) is 6.45. The number of hydrogen-bond acceptors (Lipinski definition) is 3. The van der Waals surface area contributed by atoms with Gasteiger partial charge >= 0.3 is 0 Å². The fraction of sp³-hybridized carbons (Fsp3) is 0.300. The SMILES string of the molecule is NC1(C(=O)Nc2cccc(C(=O)c3ccccc3)c2)CCCCC1. The van der Waals surface area contributed by atoms with Crippen LogP contribution in [-0.4, -0.2) is 17.2 Å². The Kier molecular flexibility index (Phi) is 4.76. The van der Waals surface area contributed by atoms with Gasteiger partial charge in [-0.25, -0.2) is 0 Å². The molecule has 3 rings (SSSR count). The first-order valence-electron chi connectivity index (χ1n) is 8.39. The molecule has 2 aromatic carbocycles. The highest BCUT2D eigenvalue weighted by Gasteiger charge is 2.35. The maximum Gasteiger partial charge on any atom is 0.244 e. The monoisotopic (exact) mass is 322 g/mol. The van der Waals surface area contributed by atoms with Gasteiger partial charge in [0.1, 0.15) is 0 Å². The minimum atomic E-state index is -0.794. The fourth-order valence-electron chi connectivity index (χ4n) is 3.16. The van der Waals surface area contributed by atoms with Gasteiger partial charge in [-0.3, -0.25) is 9.59 Å². The Labute approximate surface area is 142 Å². The normalized spacial score (nSPS) is 16.4. The number of nitrogens with two attached hydrogens (primary N) is 1. The summed E-state index contributed by atoms with van der Waals surface area (Å²) >= 11 is 0. The molecule has 124 valence electrons. The second kappa shape index (κ2) is 6.97. The molecule has 0 spiro atoms. The second-order valence-electron chi connectivity index (χ2n) is 6.45. The molecular formula is C20H22N2O2. The van der Waals surface area contributed by atoms with Crippen LogP contribution in [0, 0.1) is 0 Å². The summed E-state index contributed by atoms with van der Waals surface area (Å²) in [5, 5.41) is 2.88. The van der Waals surface area contributed by atoms with Crippen molar-refractivity contribution in [1.29, 1.82) is 0 Å². The standard InChI is InChI=1S/C20H22N2O2/c21-20(12-5-2-6-13-20)19(24)22-17-11-7-10-16(14-17)18(23)15-8-3-1-4-9-15/h1,3-4,7-11,14H,2,5-6,12-13,21H2,(H,22,24). The van der Waals surface area contributed by atoms with E-state index in [-0.39, 0.29) is 11.7 Å². The molecule has 0 atom stereocenters. The van der Waals surface area contributed by atoms with Gasteiger partial charge in [0.15, 0.2) is 5.78 Å². The smallest absolute Gasteiger partial charge is 0.244 e. The van der Waals surface area contributed by atoms with Crippen LogP contribution in [0.4, 0.5) is 5.69 Å². The Balaban J connectivity index is 1.76. The number of amides is 1. The van der Waals surface area contributed by atoms with Gasteiger partial charge in [-0.15, -0.1) is 0 Å². The number of nitrogens with one attached hydrogen (secondary N) is 1. The minimum Gasteiger partial charge on any atom is -0.324 e. The van der Waals surface area contributed by atoms with Crippen LogP contribution in [-0.2, 0) is 4.79 Å². The summed E-state index contributed by atoms with van der Waals surface area (Å²) in [6, 6.07) is 16.1. The molecule has 0 aromatic heterocycles. The van der Waals surface area contributed by atoms with E-state index < -0.39 is 5.54 Å². The summed E-state index contributed by atoms with van der Waals surface area (Å²) in [6.45, 7) is 0. The molecule has 0 saturated heterocycles. The lowest BCUT2D eigenvalue weighted by Crippen LogP contribution is -2.52. The maximum atomic E-state index is 12.5. The Morgan fingerprint density at radius 1 is 0.875 bits per heavy atom. The van der Waals surface area contributed by atoms with Gasteiger partial charge in [-0.2, -0.15) is 0 Å². The molecule has 0 aliphatic heterocycles. The van der Waals surface area contributed by atoms with Crippen LogP contribution in [0.1, 0.15) is 48.0 Å². The van der Waals surface area contributed by atoms with Crippen LogP contribution in [0.3, 0.4) is 0 Å². The first-order chi connectivity index (χ1) is 11.6. The molecule has 1 amide bonds. The zero-order valence-electron chi connectivity index (χ0n) is 13.6. The number of hydrogen-bond donors (Lipinski definition) is 2. The quantitative estimate of drug-likeness (QED) is 0.846. The summed E-state index contributed by atoms with van der Waals surface area (Å²) in [4.78, 5) is 25.0. The van der Waals surface area contributed by atoms with E-state index in [0.29, 0.717) is 29.7 Å². The predicted molar refractivity (Wildman–Crippen MR) is 94.9 cm³/mol. The maximum absolute atomic E-state index is 12.5. The van der Waals surface area contributed by atoms with E-state index in [1.165, 1.54) is 0 Å². The Hall–Kier alpha value is -2.46. The number of carbonyl (C=O) groups excluding carboxylic acids is 2. The number of carbonyl (C=O) groups is 2. The van der Waals surface area contributed by atoms with Gasteiger partial charge in [0.2, 0.25) is 5.91 Å². The lowest BCUT2D eigenvalue weighted by molar-refractivity contribution is -0.122. The first kappa shape index (κ1) is 16.4. The molecule has 0 heterocycles. The first-order valence-corrected chi connectivity index (χ1v) is 8.39. The topological polar surface area (TPSA) is 72.2 Å². The van der Waals surface area contributed by atoms with Gasteiger partial charge in [-0.05, 0) is 25.0 Å². The van der Waals surface area contributed by atoms with Gasteiger partial charge < -0.3 is 11.1 Å². The van der Waals surface area contributed by atoms with E-state index in [9.17, 15) is 9.59 Å². The van der Waals surface area contributed by atoms with Crippen molar-refractivity contribution in [1.82, 2.24) is 0 Å². The molecule has 4 nitrogen and oxygen atoms in total. The summed E-state index contributed by atoms with van der Waals surface area (Å²) < 4.78 is 0. The summed E-state index contributed by atoms with van der Waals surface area (Å²) in [5.74, 6) is -0.224. The van der Waals surface area contributed by atoms with Crippen molar-refractivity contribution in [2.75, 3.05) is 5.32 Å². The van der Waals surface area contributed by atoms with Crippen LogP contribution in [0.25, 0.3) is 0 Å². The summed E-state index contributed by atoms with van der Waals surface area (Å²) in [7, 11) is 0. The third-order valence-corrected chi connectivity index (χ3v) is 4.62. The van der Waals surface area contributed by atoms with Crippen molar-refractivity contribution >= 4 is 17.4 Å². The largest absolute Gasteiger partial charge is 0.324 e. The van der Waals surface area contributed by atoms with Crippen molar-refractivity contribution in [2.24, 2.45) is 5.73 Å². The summed E-state index contributed by atoms with van der Waals surface area (Å²) in [6.07, 6.45) is 4.52. The van der Waals surface area contributed by atoms with Crippen LogP contribution >= 0.6 is 0 Å². The average Bonchev–Trinajstić information content (AvgIpc) is 2.62. The van der Waals surface area contributed by atoms with Gasteiger partial charge in [0.05, 0.1) is 5.54 Å². The van der Waals surface area contributed by atoms with Gasteiger partial charge in [0, 0.05) is 16.8 Å². The van der Waals surface area contributed by atoms with Crippen LogP contribution in [0.15, 0.2) is 54.6 Å². The third kappa shape index (κ3) is 3.54. The highest BCUT2D eigenvalue weighted by atomic mass is 16.2. The van der Waals surface area contributed by atoms with Crippen LogP contribution in [0.5, 0.6) is 0 Å². The molecule has 1 aliphatic carbocycles. The zero-order valence-corrected chi connectivity index (χ0v) is 13.6. The molecule has 24 heavy (non-hydrogen) atoms. The minimum absolute atomic E-state index is 0.0631. The van der Waals surface area contributed by atoms with Crippen molar-refractivity contribution in [2.45, 2.75) is 37.6 Å². The van der Waals surface area contributed by atoms with E-state index >= 15 is 0 Å². The Bertz CT molecular complexity index is 734. The molecule has 1 fully saturated rings. The number of rotatable bonds is 4. The third-order valence-electron chi connectivity index (χ3n) is 4.62. The zero-order chi connectivity index (χ0) is 17.0.